The minimum Gasteiger partial charge on any atom is -0.326 e. The predicted octanol–water partition coefficient (Wildman–Crippen LogP) is 0.994. The molecule has 1 rings (SSSR count). The summed E-state index contributed by atoms with van der Waals surface area (Å²) in [5.41, 5.74) is 5.45. The van der Waals surface area contributed by atoms with Crippen molar-refractivity contribution in [2.45, 2.75) is 32.2 Å². The van der Waals surface area contributed by atoms with Gasteiger partial charge in [-0.15, -0.1) is 5.10 Å². The second-order valence-corrected chi connectivity index (χ2v) is 4.60. The van der Waals surface area contributed by atoms with Gasteiger partial charge in [0, 0.05) is 23.5 Å². The molecule has 0 saturated heterocycles. The molecule has 0 radical (unpaired) electrons. The smallest absolute Gasteiger partial charge is 0.225 e. The van der Waals surface area contributed by atoms with Crippen molar-refractivity contribution in [1.82, 2.24) is 9.59 Å². The first-order valence-corrected chi connectivity index (χ1v) is 5.11. The van der Waals surface area contributed by atoms with E-state index in [0.717, 1.165) is 11.5 Å². The highest BCUT2D eigenvalue weighted by Gasteiger charge is 2.13. The highest BCUT2D eigenvalue weighted by molar-refractivity contribution is 7.10. The lowest BCUT2D eigenvalue weighted by Crippen LogP contribution is -2.33. The molecule has 6 heteroatoms. The Hall–Kier alpha value is -1.01. The number of anilines is 1. The lowest BCUT2D eigenvalue weighted by molar-refractivity contribution is -0.116. The Balaban J connectivity index is 2.30. The van der Waals surface area contributed by atoms with Gasteiger partial charge in [0.15, 0.2) is 0 Å². The second kappa shape index (κ2) is 4.47. The van der Waals surface area contributed by atoms with E-state index >= 15 is 0 Å². The maximum atomic E-state index is 11.3. The molecular weight excluding hydrogens is 200 g/mol. The van der Waals surface area contributed by atoms with Crippen molar-refractivity contribution in [3.63, 3.8) is 0 Å². The van der Waals surface area contributed by atoms with Crippen molar-refractivity contribution in [2.24, 2.45) is 5.73 Å². The summed E-state index contributed by atoms with van der Waals surface area (Å²) < 4.78 is 3.64. The Morgan fingerprint density at radius 1 is 1.71 bits per heavy atom. The van der Waals surface area contributed by atoms with Crippen molar-refractivity contribution >= 4 is 22.4 Å². The maximum Gasteiger partial charge on any atom is 0.225 e. The zero-order chi connectivity index (χ0) is 10.6. The van der Waals surface area contributed by atoms with Gasteiger partial charge in [-0.05, 0) is 20.3 Å². The number of hydrogen-bond acceptors (Lipinski definition) is 5. The Morgan fingerprint density at radius 2 is 2.43 bits per heavy atom. The molecule has 1 aromatic heterocycles. The molecular formula is C8H14N4OS. The van der Waals surface area contributed by atoms with Gasteiger partial charge >= 0.3 is 0 Å². The molecule has 0 aliphatic carbocycles. The first-order chi connectivity index (χ1) is 6.47. The summed E-state index contributed by atoms with van der Waals surface area (Å²) in [5.74, 6) is -0.0467. The molecule has 0 aliphatic rings. The van der Waals surface area contributed by atoms with E-state index in [1.807, 2.05) is 13.8 Å². The summed E-state index contributed by atoms with van der Waals surface area (Å²) in [7, 11) is 0. The summed E-state index contributed by atoms with van der Waals surface area (Å²) in [4.78, 5) is 11.3. The molecule has 0 aromatic carbocycles. The van der Waals surface area contributed by atoms with E-state index in [2.05, 4.69) is 14.9 Å². The number of nitrogens with one attached hydrogen (secondary N) is 1. The van der Waals surface area contributed by atoms with E-state index in [-0.39, 0.29) is 11.4 Å². The largest absolute Gasteiger partial charge is 0.326 e. The molecule has 0 aliphatic heterocycles. The number of hydrogen-bond donors (Lipinski definition) is 2. The standard InChI is InChI=1S/C8H14N4OS/c1-8(2,9)4-3-6(13)11-7-5-10-12-14-7/h5H,3-4,9H2,1-2H3,(H,11,13). The zero-order valence-electron chi connectivity index (χ0n) is 8.28. The monoisotopic (exact) mass is 214 g/mol. The van der Waals surface area contributed by atoms with Gasteiger partial charge in [0.2, 0.25) is 5.91 Å². The van der Waals surface area contributed by atoms with Crippen molar-refractivity contribution in [3.8, 4) is 0 Å². The molecule has 3 N–H and O–H groups in total. The van der Waals surface area contributed by atoms with E-state index in [1.54, 1.807) is 0 Å². The average molecular weight is 214 g/mol. The molecule has 0 unspecified atom stereocenters. The molecule has 1 amide bonds. The minimum atomic E-state index is -0.302. The third-order valence-corrected chi connectivity index (χ3v) is 2.20. The molecule has 78 valence electrons. The van der Waals surface area contributed by atoms with Crippen LogP contribution in [0, 0.1) is 0 Å². The fraction of sp³-hybridized carbons (Fsp3) is 0.625. The first-order valence-electron chi connectivity index (χ1n) is 4.33. The van der Waals surface area contributed by atoms with Crippen LogP contribution < -0.4 is 11.1 Å². The van der Waals surface area contributed by atoms with Crippen LogP contribution in [0.2, 0.25) is 0 Å². The van der Waals surface area contributed by atoms with Crippen LogP contribution in [0.5, 0.6) is 0 Å². The second-order valence-electron chi connectivity index (χ2n) is 3.82. The topological polar surface area (TPSA) is 80.9 Å². The summed E-state index contributed by atoms with van der Waals surface area (Å²) in [5, 5.41) is 6.98. The van der Waals surface area contributed by atoms with E-state index in [0.29, 0.717) is 17.8 Å². The van der Waals surface area contributed by atoms with Crippen LogP contribution in [0.4, 0.5) is 5.00 Å². The normalized spacial score (nSPS) is 11.4. The fourth-order valence-corrected chi connectivity index (χ4v) is 1.29. The predicted molar refractivity (Wildman–Crippen MR) is 56.0 cm³/mol. The van der Waals surface area contributed by atoms with E-state index in [4.69, 9.17) is 5.73 Å². The molecule has 0 saturated carbocycles. The van der Waals surface area contributed by atoms with Gasteiger partial charge in [0.1, 0.15) is 5.00 Å². The van der Waals surface area contributed by atoms with Gasteiger partial charge in [0.05, 0.1) is 6.20 Å². The first kappa shape index (κ1) is 11.1. The van der Waals surface area contributed by atoms with Crippen LogP contribution in [-0.4, -0.2) is 21.0 Å². The summed E-state index contributed by atoms with van der Waals surface area (Å²) in [6, 6.07) is 0. The Bertz CT molecular complexity index is 291. The highest BCUT2D eigenvalue weighted by Crippen LogP contribution is 2.12. The summed E-state index contributed by atoms with van der Waals surface area (Å²) >= 11 is 1.16. The lowest BCUT2D eigenvalue weighted by atomic mass is 10.00. The molecule has 5 nitrogen and oxygen atoms in total. The van der Waals surface area contributed by atoms with Crippen LogP contribution in [0.15, 0.2) is 6.20 Å². The molecule has 0 spiro atoms. The van der Waals surface area contributed by atoms with Gasteiger partial charge in [-0.2, -0.15) is 0 Å². The molecule has 0 atom stereocenters. The number of nitrogens with two attached hydrogens (primary N) is 1. The van der Waals surface area contributed by atoms with Crippen LogP contribution >= 0.6 is 11.5 Å². The van der Waals surface area contributed by atoms with Crippen LogP contribution in [0.1, 0.15) is 26.7 Å². The Morgan fingerprint density at radius 3 is 2.93 bits per heavy atom. The Kier molecular flexibility index (Phi) is 3.54. The van der Waals surface area contributed by atoms with Crippen molar-refractivity contribution < 1.29 is 4.79 Å². The molecule has 14 heavy (non-hydrogen) atoms. The SMILES string of the molecule is CC(C)(N)CCC(=O)Nc1cnns1. The molecule has 1 heterocycles. The summed E-state index contributed by atoms with van der Waals surface area (Å²) in [6.45, 7) is 3.79. The summed E-state index contributed by atoms with van der Waals surface area (Å²) in [6.07, 6.45) is 2.60. The van der Waals surface area contributed by atoms with E-state index in [1.165, 1.54) is 6.20 Å². The third kappa shape index (κ3) is 4.29. The van der Waals surface area contributed by atoms with Crippen LogP contribution in [-0.2, 0) is 4.79 Å². The Labute approximate surface area is 86.9 Å². The van der Waals surface area contributed by atoms with Gasteiger partial charge in [-0.25, -0.2) is 0 Å². The minimum absolute atomic E-state index is 0.0467. The van der Waals surface area contributed by atoms with Gasteiger partial charge < -0.3 is 11.1 Å². The van der Waals surface area contributed by atoms with E-state index in [9.17, 15) is 4.79 Å². The van der Waals surface area contributed by atoms with Gasteiger partial charge in [-0.1, -0.05) is 4.49 Å². The van der Waals surface area contributed by atoms with Gasteiger partial charge in [-0.3, -0.25) is 4.79 Å². The lowest BCUT2D eigenvalue weighted by Gasteiger charge is -2.17. The van der Waals surface area contributed by atoms with Crippen molar-refractivity contribution in [2.75, 3.05) is 5.32 Å². The van der Waals surface area contributed by atoms with Crippen LogP contribution in [0.3, 0.4) is 0 Å². The fourth-order valence-electron chi connectivity index (χ4n) is 0.858. The number of amides is 1. The quantitative estimate of drug-likeness (QED) is 0.783. The van der Waals surface area contributed by atoms with Crippen molar-refractivity contribution in [3.05, 3.63) is 6.20 Å². The van der Waals surface area contributed by atoms with Gasteiger partial charge in [0.25, 0.3) is 0 Å². The number of aromatic nitrogens is 2. The number of carbonyl (C=O) groups is 1. The number of rotatable bonds is 4. The zero-order valence-corrected chi connectivity index (χ0v) is 9.10. The molecule has 1 aromatic rings. The van der Waals surface area contributed by atoms with Crippen molar-refractivity contribution in [1.29, 1.82) is 0 Å². The molecule has 0 fully saturated rings. The number of carbonyl (C=O) groups excluding carboxylic acids is 1. The maximum absolute atomic E-state index is 11.3. The third-order valence-electron chi connectivity index (χ3n) is 1.62. The van der Waals surface area contributed by atoms with E-state index < -0.39 is 0 Å². The van der Waals surface area contributed by atoms with Crippen LogP contribution in [0.25, 0.3) is 0 Å². The number of nitrogens with zero attached hydrogens (tertiary/aromatic N) is 2. The highest BCUT2D eigenvalue weighted by atomic mass is 32.1. The molecule has 0 bridgehead atoms. The average Bonchev–Trinajstić information content (AvgIpc) is 2.52.